The van der Waals surface area contributed by atoms with Gasteiger partial charge in [0.05, 0.1) is 15.1 Å². The van der Waals surface area contributed by atoms with Crippen LogP contribution in [0, 0.1) is 17.0 Å². The molecular weight excluding hydrogens is 485 g/mol. The van der Waals surface area contributed by atoms with Crippen LogP contribution in [0.15, 0.2) is 36.4 Å². The predicted octanol–water partition coefficient (Wildman–Crippen LogP) is 5.04. The maximum Gasteiger partial charge on any atom is 0.573 e. The molecule has 0 aliphatic heterocycles. The maximum absolute atomic E-state index is 13.3. The van der Waals surface area contributed by atoms with Gasteiger partial charge in [0.15, 0.2) is 5.13 Å². The molecule has 13 heteroatoms. The molecule has 0 N–H and O–H groups in total. The summed E-state index contributed by atoms with van der Waals surface area (Å²) in [6.45, 7) is 2.27. The van der Waals surface area contributed by atoms with Gasteiger partial charge >= 0.3 is 6.36 Å². The number of nitrogens with zero attached hydrogens (tertiary/aromatic N) is 4. The van der Waals surface area contributed by atoms with Gasteiger partial charge in [0.25, 0.3) is 11.6 Å². The van der Waals surface area contributed by atoms with E-state index >= 15 is 0 Å². The third-order valence-corrected chi connectivity index (χ3v) is 5.52. The van der Waals surface area contributed by atoms with E-state index in [9.17, 15) is 28.1 Å². The Morgan fingerprint density at radius 2 is 1.88 bits per heavy atom. The second kappa shape index (κ2) is 10.3. The minimum atomic E-state index is -4.82. The van der Waals surface area contributed by atoms with Crippen LogP contribution >= 0.6 is 23.7 Å². The molecule has 2 aromatic carbocycles. The van der Waals surface area contributed by atoms with Gasteiger partial charge in [-0.05, 0) is 39.2 Å². The first kappa shape index (κ1) is 26.3. The van der Waals surface area contributed by atoms with Crippen LogP contribution in [0.4, 0.5) is 24.0 Å². The molecule has 0 aliphatic rings. The van der Waals surface area contributed by atoms with Crippen molar-refractivity contribution in [2.45, 2.75) is 13.3 Å². The molecule has 178 valence electrons. The molecular formula is C20H20ClF3N4O4S. The smallest absolute Gasteiger partial charge is 0.406 e. The molecule has 0 atom stereocenters. The van der Waals surface area contributed by atoms with Crippen molar-refractivity contribution >= 4 is 50.7 Å². The van der Waals surface area contributed by atoms with Crippen molar-refractivity contribution in [2.75, 3.05) is 32.1 Å². The number of thiazole rings is 1. The van der Waals surface area contributed by atoms with Gasteiger partial charge in [-0.1, -0.05) is 17.4 Å². The number of fused-ring (bicyclic) bond motifs is 1. The average molecular weight is 505 g/mol. The number of hydrogen-bond acceptors (Lipinski definition) is 7. The Morgan fingerprint density at radius 1 is 1.18 bits per heavy atom. The number of amides is 1. The van der Waals surface area contributed by atoms with Gasteiger partial charge < -0.3 is 9.64 Å². The highest BCUT2D eigenvalue weighted by atomic mass is 35.5. The Kier molecular flexibility index (Phi) is 8.22. The molecule has 0 saturated heterocycles. The highest BCUT2D eigenvalue weighted by Crippen LogP contribution is 2.34. The fourth-order valence-electron chi connectivity index (χ4n) is 2.88. The number of rotatable bonds is 7. The molecule has 0 unspecified atom stereocenters. The number of alkyl halides is 3. The molecule has 3 rings (SSSR count). The van der Waals surface area contributed by atoms with Crippen molar-refractivity contribution in [1.29, 1.82) is 0 Å². The number of halogens is 4. The Morgan fingerprint density at radius 3 is 2.48 bits per heavy atom. The molecule has 0 spiro atoms. The van der Waals surface area contributed by atoms with Crippen molar-refractivity contribution in [3.63, 3.8) is 0 Å². The first-order chi connectivity index (χ1) is 14.9. The Bertz CT molecular complexity index is 1170. The number of aromatic nitrogens is 1. The summed E-state index contributed by atoms with van der Waals surface area (Å²) in [7, 11) is 3.64. The van der Waals surface area contributed by atoms with Gasteiger partial charge in [-0.15, -0.1) is 25.6 Å². The largest absolute Gasteiger partial charge is 0.573 e. The van der Waals surface area contributed by atoms with Crippen LogP contribution in [0.3, 0.4) is 0 Å². The topological polar surface area (TPSA) is 88.8 Å². The highest BCUT2D eigenvalue weighted by molar-refractivity contribution is 7.22. The molecule has 1 heterocycles. The number of aryl methyl sites for hydroxylation is 1. The van der Waals surface area contributed by atoms with Crippen molar-refractivity contribution in [1.82, 2.24) is 9.88 Å². The lowest BCUT2D eigenvalue weighted by atomic mass is 10.1. The monoisotopic (exact) mass is 504 g/mol. The van der Waals surface area contributed by atoms with Crippen molar-refractivity contribution in [3.8, 4) is 5.75 Å². The summed E-state index contributed by atoms with van der Waals surface area (Å²) >= 11 is 1.03. The molecule has 0 saturated carbocycles. The lowest BCUT2D eigenvalue weighted by Gasteiger charge is -2.22. The van der Waals surface area contributed by atoms with Crippen LogP contribution in [-0.2, 0) is 0 Å². The molecule has 1 amide bonds. The van der Waals surface area contributed by atoms with Gasteiger partial charge in [0, 0.05) is 36.3 Å². The number of carbonyl (C=O) groups excluding carboxylic acids is 1. The van der Waals surface area contributed by atoms with Crippen LogP contribution in [0.5, 0.6) is 5.75 Å². The minimum absolute atomic E-state index is 0. The number of likely N-dealkylation sites (N-methyl/N-ethyl adjacent to an activating group) is 1. The normalized spacial score (nSPS) is 11.4. The quantitative estimate of drug-likeness (QED) is 0.331. The number of ether oxygens (including phenoxy) is 1. The third kappa shape index (κ3) is 6.53. The van der Waals surface area contributed by atoms with Gasteiger partial charge in [-0.2, -0.15) is 0 Å². The number of hydrogen-bond donors (Lipinski definition) is 0. The maximum atomic E-state index is 13.3. The summed E-state index contributed by atoms with van der Waals surface area (Å²) in [5.41, 5.74) is 0.753. The molecule has 0 fully saturated rings. The number of nitro groups is 1. The van der Waals surface area contributed by atoms with Crippen molar-refractivity contribution < 1.29 is 27.6 Å². The van der Waals surface area contributed by atoms with E-state index < -0.39 is 17.2 Å². The Labute approximate surface area is 197 Å². The number of nitro benzene ring substituents is 1. The fourth-order valence-corrected chi connectivity index (χ4v) is 3.90. The first-order valence-electron chi connectivity index (χ1n) is 9.32. The molecule has 8 nitrogen and oxygen atoms in total. The summed E-state index contributed by atoms with van der Waals surface area (Å²) in [4.78, 5) is 31.6. The van der Waals surface area contributed by atoms with Crippen molar-refractivity contribution in [2.24, 2.45) is 0 Å². The zero-order valence-electron chi connectivity index (χ0n) is 17.8. The lowest BCUT2D eigenvalue weighted by Crippen LogP contribution is -2.36. The fraction of sp³-hybridized carbons (Fsp3) is 0.300. The van der Waals surface area contributed by atoms with Gasteiger partial charge in [0.1, 0.15) is 5.75 Å². The summed E-state index contributed by atoms with van der Waals surface area (Å²) in [5.74, 6) is -0.888. The molecule has 1 aromatic heterocycles. The summed E-state index contributed by atoms with van der Waals surface area (Å²) < 4.78 is 41.9. The van der Waals surface area contributed by atoms with Crippen molar-refractivity contribution in [3.05, 3.63) is 57.6 Å². The molecule has 0 bridgehead atoms. The van der Waals surface area contributed by atoms with E-state index in [-0.39, 0.29) is 41.1 Å². The van der Waals surface area contributed by atoms with E-state index in [0.29, 0.717) is 22.3 Å². The Hall–Kier alpha value is -2.96. The zero-order chi connectivity index (χ0) is 23.6. The lowest BCUT2D eigenvalue weighted by molar-refractivity contribution is -0.385. The van der Waals surface area contributed by atoms with E-state index in [0.717, 1.165) is 17.4 Å². The van der Waals surface area contributed by atoms with Crippen LogP contribution in [0.2, 0.25) is 0 Å². The minimum Gasteiger partial charge on any atom is -0.406 e. The Balaban J connectivity index is 0.00000385. The summed E-state index contributed by atoms with van der Waals surface area (Å²) in [6.07, 6.45) is -4.82. The van der Waals surface area contributed by atoms with E-state index in [2.05, 4.69) is 9.72 Å². The predicted molar refractivity (Wildman–Crippen MR) is 122 cm³/mol. The molecule has 3 aromatic rings. The van der Waals surface area contributed by atoms with E-state index in [4.69, 9.17) is 0 Å². The number of carbonyl (C=O) groups is 1. The third-order valence-electron chi connectivity index (χ3n) is 4.48. The number of benzene rings is 2. The first-order valence-corrected chi connectivity index (χ1v) is 10.1. The summed E-state index contributed by atoms with van der Waals surface area (Å²) in [5, 5.41) is 11.5. The highest BCUT2D eigenvalue weighted by Gasteiger charge is 2.31. The van der Waals surface area contributed by atoms with Crippen LogP contribution in [0.1, 0.15) is 15.9 Å². The summed E-state index contributed by atoms with van der Waals surface area (Å²) in [6, 6.07) is 7.93. The van der Waals surface area contributed by atoms with Crippen LogP contribution < -0.4 is 9.64 Å². The van der Waals surface area contributed by atoms with E-state index in [1.54, 1.807) is 6.92 Å². The molecule has 0 aliphatic carbocycles. The van der Waals surface area contributed by atoms with Gasteiger partial charge in [-0.25, -0.2) is 4.98 Å². The standard InChI is InChI=1S/C20H19F3N4O4S.ClH/c1-12-4-5-13(10-16(12)27(29)30)18(28)26(9-8-25(2)3)19-24-15-7-6-14(11-17(15)32-19)31-20(21,22)23;/h4-7,10-11H,8-9H2,1-3H3;1H. The van der Waals surface area contributed by atoms with E-state index in [1.165, 1.54) is 35.2 Å². The van der Waals surface area contributed by atoms with E-state index in [1.807, 2.05) is 19.0 Å². The van der Waals surface area contributed by atoms with Gasteiger partial charge in [0.2, 0.25) is 0 Å². The second-order valence-corrected chi connectivity index (χ2v) is 8.20. The number of anilines is 1. The zero-order valence-corrected chi connectivity index (χ0v) is 19.4. The average Bonchev–Trinajstić information content (AvgIpc) is 3.09. The van der Waals surface area contributed by atoms with Crippen LogP contribution in [-0.4, -0.2) is 54.3 Å². The van der Waals surface area contributed by atoms with Crippen LogP contribution in [0.25, 0.3) is 10.2 Å². The molecule has 33 heavy (non-hydrogen) atoms. The van der Waals surface area contributed by atoms with Gasteiger partial charge in [-0.3, -0.25) is 19.8 Å². The molecule has 0 radical (unpaired) electrons. The SMILES string of the molecule is Cc1ccc(C(=O)N(CCN(C)C)c2nc3ccc(OC(F)(F)F)cc3s2)cc1[N+](=O)[O-].Cl. The second-order valence-electron chi connectivity index (χ2n) is 7.19.